The number of halogens is 1. The maximum atomic E-state index is 12.0. The molecule has 6 nitrogen and oxygen atoms in total. The number of nitrogen functional groups attached to an aromatic ring is 1. The summed E-state index contributed by atoms with van der Waals surface area (Å²) in [4.78, 5) is 26.9. The molecule has 0 fully saturated rings. The highest BCUT2D eigenvalue weighted by Gasteiger charge is 2.15. The smallest absolute Gasteiger partial charge is 0.238 e. The topological polar surface area (TPSA) is 78.7 Å². The molecule has 0 saturated heterocycles. The second-order valence-electron chi connectivity index (χ2n) is 4.88. The third-order valence-electron chi connectivity index (χ3n) is 2.94. The minimum Gasteiger partial charge on any atom is -0.399 e. The predicted molar refractivity (Wildman–Crippen MR) is 85.3 cm³/mol. The van der Waals surface area contributed by atoms with Gasteiger partial charge in [0.1, 0.15) is 0 Å². The molecule has 0 heterocycles. The molecule has 0 radical (unpaired) electrons. The van der Waals surface area contributed by atoms with Crippen LogP contribution >= 0.6 is 11.6 Å². The van der Waals surface area contributed by atoms with Crippen LogP contribution < -0.4 is 11.1 Å². The van der Waals surface area contributed by atoms with E-state index in [-0.39, 0.29) is 24.9 Å². The number of anilines is 2. The van der Waals surface area contributed by atoms with Crippen molar-refractivity contribution < 1.29 is 9.59 Å². The maximum Gasteiger partial charge on any atom is 0.238 e. The highest BCUT2D eigenvalue weighted by atomic mass is 35.5. The molecular formula is C14H21ClN4O2. The number of nitrogens with zero attached hydrogens (tertiary/aromatic N) is 2. The van der Waals surface area contributed by atoms with Crippen molar-refractivity contribution >= 4 is 34.8 Å². The standard InChI is InChI=1S/C14H21ClN4O2/c1-4-19(9-14(21)18(2)3)8-13(20)17-12-6-5-10(16)7-11(12)15/h5-7H,4,8-9,16H2,1-3H3,(H,17,20). The molecule has 7 heteroatoms. The Morgan fingerprint density at radius 2 is 1.95 bits per heavy atom. The van der Waals surface area contributed by atoms with E-state index in [1.807, 2.05) is 6.92 Å². The van der Waals surface area contributed by atoms with Gasteiger partial charge in [-0.2, -0.15) is 0 Å². The van der Waals surface area contributed by atoms with E-state index < -0.39 is 0 Å². The van der Waals surface area contributed by atoms with Gasteiger partial charge in [-0.1, -0.05) is 18.5 Å². The molecule has 1 aromatic carbocycles. The first kappa shape index (κ1) is 17.3. The van der Waals surface area contributed by atoms with Gasteiger partial charge in [0.15, 0.2) is 0 Å². The molecular weight excluding hydrogens is 292 g/mol. The lowest BCUT2D eigenvalue weighted by atomic mass is 10.3. The molecule has 21 heavy (non-hydrogen) atoms. The van der Waals surface area contributed by atoms with Gasteiger partial charge in [-0.15, -0.1) is 0 Å². The van der Waals surface area contributed by atoms with E-state index >= 15 is 0 Å². The third kappa shape index (κ3) is 5.61. The van der Waals surface area contributed by atoms with E-state index in [0.29, 0.717) is 22.9 Å². The molecule has 2 amide bonds. The SMILES string of the molecule is CCN(CC(=O)Nc1ccc(N)cc1Cl)CC(=O)N(C)C. The van der Waals surface area contributed by atoms with Crippen molar-refractivity contribution in [3.63, 3.8) is 0 Å². The quantitative estimate of drug-likeness (QED) is 0.775. The fourth-order valence-corrected chi connectivity index (χ4v) is 1.87. The second-order valence-corrected chi connectivity index (χ2v) is 5.29. The second kappa shape index (κ2) is 7.85. The van der Waals surface area contributed by atoms with Crippen molar-refractivity contribution in [2.75, 3.05) is 44.8 Å². The van der Waals surface area contributed by atoms with E-state index in [9.17, 15) is 9.59 Å². The van der Waals surface area contributed by atoms with E-state index in [1.165, 1.54) is 4.90 Å². The number of carbonyl (C=O) groups is 2. The minimum atomic E-state index is -0.227. The lowest BCUT2D eigenvalue weighted by molar-refractivity contribution is -0.130. The van der Waals surface area contributed by atoms with Crippen LogP contribution in [0.2, 0.25) is 5.02 Å². The van der Waals surface area contributed by atoms with Crippen LogP contribution in [0.25, 0.3) is 0 Å². The van der Waals surface area contributed by atoms with Gasteiger partial charge in [-0.3, -0.25) is 14.5 Å². The van der Waals surface area contributed by atoms with Crippen molar-refractivity contribution in [2.24, 2.45) is 0 Å². The summed E-state index contributed by atoms with van der Waals surface area (Å²) in [5.74, 6) is -0.273. The van der Waals surface area contributed by atoms with Crippen LogP contribution in [0.1, 0.15) is 6.92 Å². The van der Waals surface area contributed by atoms with Gasteiger partial charge >= 0.3 is 0 Å². The third-order valence-corrected chi connectivity index (χ3v) is 3.25. The average Bonchev–Trinajstić information content (AvgIpc) is 2.40. The van der Waals surface area contributed by atoms with Gasteiger partial charge < -0.3 is 16.0 Å². The van der Waals surface area contributed by atoms with E-state index in [0.717, 1.165) is 0 Å². The molecule has 0 saturated carbocycles. The molecule has 0 atom stereocenters. The zero-order valence-electron chi connectivity index (χ0n) is 12.5. The molecule has 1 aromatic rings. The molecule has 116 valence electrons. The fourth-order valence-electron chi connectivity index (χ4n) is 1.64. The monoisotopic (exact) mass is 312 g/mol. The predicted octanol–water partition coefficient (Wildman–Crippen LogP) is 1.27. The van der Waals surface area contributed by atoms with E-state index in [1.54, 1.807) is 37.2 Å². The van der Waals surface area contributed by atoms with Crippen molar-refractivity contribution in [1.29, 1.82) is 0 Å². The van der Waals surface area contributed by atoms with Crippen LogP contribution in [0.5, 0.6) is 0 Å². The first-order valence-corrected chi connectivity index (χ1v) is 6.98. The van der Waals surface area contributed by atoms with Gasteiger partial charge in [0.2, 0.25) is 11.8 Å². The number of carbonyl (C=O) groups excluding carboxylic acids is 2. The molecule has 3 N–H and O–H groups in total. The number of hydrogen-bond donors (Lipinski definition) is 2. The lowest BCUT2D eigenvalue weighted by Crippen LogP contribution is -2.40. The highest BCUT2D eigenvalue weighted by Crippen LogP contribution is 2.23. The average molecular weight is 313 g/mol. The number of rotatable bonds is 6. The van der Waals surface area contributed by atoms with Crippen LogP contribution in [0.15, 0.2) is 18.2 Å². The summed E-state index contributed by atoms with van der Waals surface area (Å²) in [6, 6.07) is 4.88. The van der Waals surface area contributed by atoms with Crippen LogP contribution in [-0.2, 0) is 9.59 Å². The zero-order valence-corrected chi connectivity index (χ0v) is 13.3. The van der Waals surface area contributed by atoms with Crippen LogP contribution in [0.4, 0.5) is 11.4 Å². The van der Waals surface area contributed by atoms with Crippen LogP contribution in [0, 0.1) is 0 Å². The molecule has 0 aromatic heterocycles. The summed E-state index contributed by atoms with van der Waals surface area (Å²) in [5, 5.41) is 3.10. The Hall–Kier alpha value is -1.79. The Morgan fingerprint density at radius 3 is 2.48 bits per heavy atom. The Morgan fingerprint density at radius 1 is 1.29 bits per heavy atom. The number of benzene rings is 1. The summed E-state index contributed by atoms with van der Waals surface area (Å²) in [5.41, 5.74) is 6.63. The number of hydrogen-bond acceptors (Lipinski definition) is 4. The molecule has 1 rings (SSSR count). The molecule has 0 bridgehead atoms. The molecule has 0 unspecified atom stereocenters. The Bertz CT molecular complexity index is 520. The molecule has 0 aliphatic rings. The number of amides is 2. The van der Waals surface area contributed by atoms with Gasteiger partial charge in [0, 0.05) is 19.8 Å². The van der Waals surface area contributed by atoms with Crippen molar-refractivity contribution in [3.8, 4) is 0 Å². The Balaban J connectivity index is 2.60. The van der Waals surface area contributed by atoms with Crippen LogP contribution in [0.3, 0.4) is 0 Å². The Kier molecular flexibility index (Phi) is 6.45. The number of nitrogens with one attached hydrogen (secondary N) is 1. The van der Waals surface area contributed by atoms with Crippen molar-refractivity contribution in [2.45, 2.75) is 6.92 Å². The fraction of sp³-hybridized carbons (Fsp3) is 0.429. The van der Waals surface area contributed by atoms with Crippen molar-refractivity contribution in [1.82, 2.24) is 9.80 Å². The van der Waals surface area contributed by atoms with E-state index in [2.05, 4.69) is 5.32 Å². The summed E-state index contributed by atoms with van der Waals surface area (Å²) < 4.78 is 0. The van der Waals surface area contributed by atoms with E-state index in [4.69, 9.17) is 17.3 Å². The van der Waals surface area contributed by atoms with Crippen molar-refractivity contribution in [3.05, 3.63) is 23.2 Å². The summed E-state index contributed by atoms with van der Waals surface area (Å²) >= 11 is 6.00. The lowest BCUT2D eigenvalue weighted by Gasteiger charge is -2.21. The zero-order chi connectivity index (χ0) is 16.0. The van der Waals surface area contributed by atoms with Crippen LogP contribution in [-0.4, -0.2) is 55.3 Å². The van der Waals surface area contributed by atoms with Gasteiger partial charge in [-0.25, -0.2) is 0 Å². The first-order valence-electron chi connectivity index (χ1n) is 6.60. The number of likely N-dealkylation sites (N-methyl/N-ethyl adjacent to an activating group) is 2. The summed E-state index contributed by atoms with van der Waals surface area (Å²) in [6.07, 6.45) is 0. The molecule has 0 aliphatic carbocycles. The maximum absolute atomic E-state index is 12.0. The molecule has 0 spiro atoms. The molecule has 0 aliphatic heterocycles. The number of nitrogens with two attached hydrogens (primary N) is 1. The highest BCUT2D eigenvalue weighted by molar-refractivity contribution is 6.34. The minimum absolute atomic E-state index is 0.0461. The Labute approximate surface area is 129 Å². The van der Waals surface area contributed by atoms with Gasteiger partial charge in [0.25, 0.3) is 0 Å². The summed E-state index contributed by atoms with van der Waals surface area (Å²) in [6.45, 7) is 2.82. The first-order chi connectivity index (χ1) is 9.83. The van der Waals surface area contributed by atoms with Gasteiger partial charge in [-0.05, 0) is 24.7 Å². The normalized spacial score (nSPS) is 10.5. The largest absolute Gasteiger partial charge is 0.399 e. The van der Waals surface area contributed by atoms with Gasteiger partial charge in [0.05, 0.1) is 23.8 Å². The summed E-state index contributed by atoms with van der Waals surface area (Å²) in [7, 11) is 3.37.